The van der Waals surface area contributed by atoms with Gasteiger partial charge in [0.25, 0.3) is 0 Å². The third-order valence-electron chi connectivity index (χ3n) is 9.68. The van der Waals surface area contributed by atoms with Gasteiger partial charge in [0.2, 0.25) is 0 Å². The van der Waals surface area contributed by atoms with Gasteiger partial charge in [0, 0.05) is 39.4 Å². The number of hydrogen-bond donors (Lipinski definition) is 1. The molecule has 1 atom stereocenters. The van der Waals surface area contributed by atoms with Crippen LogP contribution in [0.2, 0.25) is 0 Å². The van der Waals surface area contributed by atoms with E-state index in [9.17, 15) is 5.26 Å². The maximum atomic E-state index is 10.1. The number of fused-ring (bicyclic) bond motifs is 7. The van der Waals surface area contributed by atoms with E-state index in [1.807, 2.05) is 6.07 Å². The van der Waals surface area contributed by atoms with E-state index in [0.29, 0.717) is 0 Å². The van der Waals surface area contributed by atoms with Gasteiger partial charge in [-0.25, -0.2) is 0 Å². The van der Waals surface area contributed by atoms with Crippen LogP contribution < -0.4 is 10.5 Å². The Balaban J connectivity index is 1.21. The summed E-state index contributed by atoms with van der Waals surface area (Å²) in [7, 11) is 0. The molecule has 2 aliphatic carbocycles. The first-order valence-electron chi connectivity index (χ1n) is 15.3. The number of nitriles is 1. The van der Waals surface area contributed by atoms with E-state index in [1.54, 1.807) is 0 Å². The topological polar surface area (TPSA) is 59.0 Å². The molecule has 3 aliphatic rings. The molecule has 3 heteroatoms. The molecule has 1 heterocycles. The Kier molecular flexibility index (Phi) is 5.37. The first-order chi connectivity index (χ1) is 21.7. The molecule has 0 aromatic heterocycles. The van der Waals surface area contributed by atoms with Crippen LogP contribution in [-0.4, -0.2) is 6.10 Å². The van der Waals surface area contributed by atoms with Crippen molar-refractivity contribution < 1.29 is 4.74 Å². The molecule has 9 rings (SSSR count). The smallest absolute Gasteiger partial charge is 0.128 e. The fraction of sp³-hybridized carbons (Fsp3) is 0.0976. The van der Waals surface area contributed by atoms with E-state index in [2.05, 4.69) is 115 Å². The lowest BCUT2D eigenvalue weighted by Gasteiger charge is -2.25. The fourth-order valence-corrected chi connectivity index (χ4v) is 7.74. The highest BCUT2D eigenvalue weighted by Gasteiger charge is 2.33. The van der Waals surface area contributed by atoms with Crippen molar-refractivity contribution in [3.8, 4) is 22.9 Å². The van der Waals surface area contributed by atoms with Crippen LogP contribution in [-0.2, 0) is 6.42 Å². The van der Waals surface area contributed by atoms with Crippen molar-refractivity contribution >= 4 is 55.2 Å². The highest BCUT2D eigenvalue weighted by atomic mass is 16.5. The number of nitrogen functional groups attached to an aromatic ring is 1. The van der Waals surface area contributed by atoms with Gasteiger partial charge in [0.05, 0.1) is 5.56 Å². The number of nitrogens with two attached hydrogens (primary N) is 1. The summed E-state index contributed by atoms with van der Waals surface area (Å²) in [5, 5.41) is 16.8. The Hall–Kier alpha value is -5.59. The molecule has 0 spiro atoms. The fourth-order valence-electron chi connectivity index (χ4n) is 7.74. The molecule has 0 amide bonds. The molecular formula is C41H28N2O. The van der Waals surface area contributed by atoms with Gasteiger partial charge in [-0.05, 0) is 74.5 Å². The van der Waals surface area contributed by atoms with Crippen molar-refractivity contribution in [1.82, 2.24) is 0 Å². The highest BCUT2D eigenvalue weighted by Crippen LogP contribution is 2.49. The summed E-state index contributed by atoms with van der Waals surface area (Å²) in [6.07, 6.45) is 11.5. The van der Waals surface area contributed by atoms with Crippen LogP contribution in [0.5, 0.6) is 5.75 Å². The number of benzene rings is 6. The minimum absolute atomic E-state index is 0.0515. The van der Waals surface area contributed by atoms with Crippen molar-refractivity contribution in [1.29, 1.82) is 5.26 Å². The summed E-state index contributed by atoms with van der Waals surface area (Å²) in [4.78, 5) is 0. The second kappa shape index (κ2) is 9.46. The minimum atomic E-state index is -0.0515. The van der Waals surface area contributed by atoms with Gasteiger partial charge in [-0.1, -0.05) is 103 Å². The third-order valence-corrected chi connectivity index (χ3v) is 9.68. The van der Waals surface area contributed by atoms with Crippen LogP contribution in [0.1, 0.15) is 40.7 Å². The Morgan fingerprint density at radius 3 is 2.11 bits per heavy atom. The zero-order valence-electron chi connectivity index (χ0n) is 24.1. The standard InChI is InChI=1S/C41H28N2O/c42-23-36-26-9-1-3-11-29(26)40(30-12-4-2-10-27(30)36)25-17-19-28-35-21-24(18-20-37(35)44-38(28)22-25)39-31-13-5-7-15-33(31)41(43)34-16-8-6-14-32(34)39/h1-3,5-11,13-21,38H,4,12,22,43H2. The van der Waals surface area contributed by atoms with E-state index in [1.165, 1.54) is 27.8 Å². The Bertz CT molecular complexity index is 2310. The summed E-state index contributed by atoms with van der Waals surface area (Å²) in [5.74, 6) is 0.929. The van der Waals surface area contributed by atoms with E-state index >= 15 is 0 Å². The first kappa shape index (κ1) is 25.0. The molecule has 1 aliphatic heterocycles. The predicted octanol–water partition coefficient (Wildman–Crippen LogP) is 9.86. The lowest BCUT2D eigenvalue weighted by Crippen LogP contribution is -2.16. The zero-order valence-corrected chi connectivity index (χ0v) is 24.1. The molecular weight excluding hydrogens is 536 g/mol. The molecule has 1 unspecified atom stereocenters. The normalized spacial score (nSPS) is 16.6. The van der Waals surface area contributed by atoms with Crippen molar-refractivity contribution in [2.24, 2.45) is 0 Å². The zero-order chi connectivity index (χ0) is 29.4. The summed E-state index contributed by atoms with van der Waals surface area (Å²) in [6.45, 7) is 0. The van der Waals surface area contributed by atoms with Gasteiger partial charge in [0.1, 0.15) is 17.9 Å². The van der Waals surface area contributed by atoms with E-state index < -0.39 is 0 Å². The molecule has 208 valence electrons. The molecule has 0 saturated carbocycles. The molecule has 6 aromatic rings. The molecule has 6 aromatic carbocycles. The number of allylic oxidation sites excluding steroid dienone is 3. The molecule has 44 heavy (non-hydrogen) atoms. The first-order valence-corrected chi connectivity index (χ1v) is 15.3. The van der Waals surface area contributed by atoms with E-state index in [-0.39, 0.29) is 6.10 Å². The van der Waals surface area contributed by atoms with Crippen LogP contribution in [0.3, 0.4) is 0 Å². The minimum Gasteiger partial charge on any atom is -0.485 e. The highest BCUT2D eigenvalue weighted by molar-refractivity contribution is 6.20. The lowest BCUT2D eigenvalue weighted by atomic mass is 9.79. The quantitative estimate of drug-likeness (QED) is 0.168. The Morgan fingerprint density at radius 2 is 1.41 bits per heavy atom. The average molecular weight is 565 g/mol. The van der Waals surface area contributed by atoms with Gasteiger partial charge < -0.3 is 10.5 Å². The van der Waals surface area contributed by atoms with Crippen molar-refractivity contribution in [2.75, 3.05) is 5.73 Å². The predicted molar refractivity (Wildman–Crippen MR) is 182 cm³/mol. The number of rotatable bonds is 2. The van der Waals surface area contributed by atoms with Crippen molar-refractivity contribution in [2.45, 2.75) is 25.4 Å². The monoisotopic (exact) mass is 564 g/mol. The SMILES string of the molecule is N#Cc1c2c(c(C3=CC=C4c5cc(-c6c7ccccc7c(N)c7ccccc67)ccc5OC4C3)c3ccccc13)CCC=C2. The largest absolute Gasteiger partial charge is 0.485 e. The second-order valence-corrected chi connectivity index (χ2v) is 12.0. The maximum absolute atomic E-state index is 10.1. The number of nitrogens with zero attached hydrogens (tertiary/aromatic N) is 1. The van der Waals surface area contributed by atoms with E-state index in [0.717, 1.165) is 85.3 Å². The number of ether oxygens (including phenoxy) is 1. The molecule has 0 fully saturated rings. The summed E-state index contributed by atoms with van der Waals surface area (Å²) in [5.41, 5.74) is 17.9. The average Bonchev–Trinajstić information content (AvgIpc) is 3.44. The second-order valence-electron chi connectivity index (χ2n) is 12.0. The third kappa shape index (κ3) is 3.49. The van der Waals surface area contributed by atoms with Crippen molar-refractivity contribution in [3.63, 3.8) is 0 Å². The Labute approximate surface area is 255 Å². The summed E-state index contributed by atoms with van der Waals surface area (Å²) >= 11 is 0. The molecule has 3 nitrogen and oxygen atoms in total. The van der Waals surface area contributed by atoms with Crippen LogP contribution >= 0.6 is 0 Å². The van der Waals surface area contributed by atoms with Gasteiger partial charge >= 0.3 is 0 Å². The van der Waals surface area contributed by atoms with E-state index in [4.69, 9.17) is 10.5 Å². The van der Waals surface area contributed by atoms with Crippen LogP contribution in [0.4, 0.5) is 5.69 Å². The number of anilines is 1. The number of hydrogen-bond acceptors (Lipinski definition) is 3. The van der Waals surface area contributed by atoms with Gasteiger partial charge in [-0.15, -0.1) is 0 Å². The van der Waals surface area contributed by atoms with Gasteiger partial charge in [-0.2, -0.15) is 5.26 Å². The molecule has 0 radical (unpaired) electrons. The summed E-state index contributed by atoms with van der Waals surface area (Å²) < 4.78 is 6.65. The van der Waals surface area contributed by atoms with Crippen LogP contribution in [0.25, 0.3) is 60.7 Å². The Morgan fingerprint density at radius 1 is 0.750 bits per heavy atom. The van der Waals surface area contributed by atoms with Gasteiger partial charge in [0.15, 0.2) is 0 Å². The molecule has 0 bridgehead atoms. The lowest BCUT2D eigenvalue weighted by molar-refractivity contribution is 0.281. The molecule has 0 saturated heterocycles. The van der Waals surface area contributed by atoms with Crippen LogP contribution in [0, 0.1) is 11.3 Å². The van der Waals surface area contributed by atoms with Crippen LogP contribution in [0.15, 0.2) is 109 Å². The molecule has 2 N–H and O–H groups in total. The summed E-state index contributed by atoms with van der Waals surface area (Å²) in [6, 6.07) is 34.3. The van der Waals surface area contributed by atoms with Crippen molar-refractivity contribution in [3.05, 3.63) is 137 Å². The maximum Gasteiger partial charge on any atom is 0.128 e. The van der Waals surface area contributed by atoms with Gasteiger partial charge in [-0.3, -0.25) is 0 Å².